The maximum Gasteiger partial charge on any atom is 0.309 e. The van der Waals surface area contributed by atoms with Gasteiger partial charge in [0.05, 0.1) is 17.9 Å². The van der Waals surface area contributed by atoms with Crippen LogP contribution in [0, 0.1) is 0 Å². The fourth-order valence-electron chi connectivity index (χ4n) is 1.81. The van der Waals surface area contributed by atoms with Crippen molar-refractivity contribution in [3.63, 3.8) is 0 Å². The van der Waals surface area contributed by atoms with E-state index in [1.807, 2.05) is 6.92 Å². The van der Waals surface area contributed by atoms with Gasteiger partial charge in [0.1, 0.15) is 0 Å². The number of carboxylic acid groups (broad SMARTS) is 1. The number of nitrogens with one attached hydrogen (secondary N) is 3. The zero-order valence-electron chi connectivity index (χ0n) is 14.3. The first-order chi connectivity index (χ1) is 12.7. The summed E-state index contributed by atoms with van der Waals surface area (Å²) in [5.41, 5.74) is 0.403. The third kappa shape index (κ3) is 7.67. The molecule has 2 aromatic rings. The number of carbonyl (C=O) groups is 1. The minimum atomic E-state index is -4.11. The Morgan fingerprint density at radius 1 is 1.11 bits per heavy atom. The molecule has 0 aliphatic heterocycles. The monoisotopic (exact) mass is 417 g/mol. The minimum Gasteiger partial charge on any atom is -0.481 e. The summed E-state index contributed by atoms with van der Waals surface area (Å²) < 4.78 is 30.4. The largest absolute Gasteiger partial charge is 0.481 e. The van der Waals surface area contributed by atoms with Crippen LogP contribution >= 0.6 is 11.3 Å². The first-order valence-corrected chi connectivity index (χ1v) is 10.4. The molecule has 2 aromatic heterocycles. The topological polar surface area (TPSA) is 179 Å². The molecule has 0 saturated heterocycles. The van der Waals surface area contributed by atoms with Crippen molar-refractivity contribution in [1.82, 2.24) is 19.9 Å². The van der Waals surface area contributed by atoms with Gasteiger partial charge in [0, 0.05) is 18.5 Å². The molecule has 0 radical (unpaired) electrons. The molecule has 0 aliphatic rings. The van der Waals surface area contributed by atoms with Crippen LogP contribution < -0.4 is 16.0 Å². The molecule has 12 nitrogen and oxygen atoms in total. The van der Waals surface area contributed by atoms with Crippen LogP contribution in [-0.2, 0) is 21.3 Å². The van der Waals surface area contributed by atoms with E-state index in [4.69, 9.17) is 9.66 Å². The number of hydrogen-bond acceptors (Lipinski definition) is 11. The quantitative estimate of drug-likeness (QED) is 0.325. The van der Waals surface area contributed by atoms with Crippen LogP contribution in [0.5, 0.6) is 0 Å². The van der Waals surface area contributed by atoms with Gasteiger partial charge in [0.15, 0.2) is 5.13 Å². The van der Waals surface area contributed by atoms with Crippen LogP contribution in [0.2, 0.25) is 0 Å². The van der Waals surface area contributed by atoms with Crippen LogP contribution in [0.3, 0.4) is 0 Å². The lowest BCUT2D eigenvalue weighted by molar-refractivity contribution is -0.136. The average molecular weight is 417 g/mol. The van der Waals surface area contributed by atoms with E-state index < -0.39 is 21.8 Å². The Bertz CT molecular complexity index is 887. The molecule has 0 fully saturated rings. The molecule has 0 unspecified atom stereocenters. The SMILES string of the molecule is CCCNc1nc(NCCS(=O)(=O)O)nc(Nc2nc(CC(=O)O)cs2)n1. The minimum absolute atomic E-state index is 0.0878. The van der Waals surface area contributed by atoms with Crippen molar-refractivity contribution in [3.8, 4) is 0 Å². The van der Waals surface area contributed by atoms with Gasteiger partial charge in [-0.1, -0.05) is 6.92 Å². The van der Waals surface area contributed by atoms with Crippen molar-refractivity contribution in [1.29, 1.82) is 0 Å². The molecule has 14 heteroatoms. The third-order valence-corrected chi connectivity index (χ3v) is 4.44. The van der Waals surface area contributed by atoms with E-state index in [0.717, 1.165) is 6.42 Å². The molecule has 2 heterocycles. The molecule has 148 valence electrons. The Morgan fingerprint density at radius 2 is 1.74 bits per heavy atom. The number of rotatable bonds is 11. The van der Waals surface area contributed by atoms with Gasteiger partial charge in [-0.15, -0.1) is 11.3 Å². The molecule has 0 amide bonds. The fraction of sp³-hybridized carbons (Fsp3) is 0.462. The van der Waals surface area contributed by atoms with Crippen molar-refractivity contribution in [3.05, 3.63) is 11.1 Å². The summed E-state index contributed by atoms with van der Waals surface area (Å²) in [6.45, 7) is 2.50. The second kappa shape index (κ2) is 9.38. The zero-order valence-corrected chi connectivity index (χ0v) is 16.0. The summed E-state index contributed by atoms with van der Waals surface area (Å²) in [6.07, 6.45) is 0.645. The molecule has 5 N–H and O–H groups in total. The van der Waals surface area contributed by atoms with Gasteiger partial charge in [-0.3, -0.25) is 14.7 Å². The Morgan fingerprint density at radius 3 is 2.33 bits per heavy atom. The molecular weight excluding hydrogens is 398 g/mol. The van der Waals surface area contributed by atoms with Gasteiger partial charge in [0.2, 0.25) is 17.8 Å². The van der Waals surface area contributed by atoms with E-state index in [0.29, 0.717) is 17.4 Å². The lowest BCUT2D eigenvalue weighted by Crippen LogP contribution is -2.17. The molecule has 0 aromatic carbocycles. The second-order valence-electron chi connectivity index (χ2n) is 5.29. The Balaban J connectivity index is 2.14. The van der Waals surface area contributed by atoms with E-state index in [2.05, 4.69) is 35.9 Å². The van der Waals surface area contributed by atoms with Gasteiger partial charge in [-0.25, -0.2) is 4.98 Å². The van der Waals surface area contributed by atoms with Gasteiger partial charge < -0.3 is 15.7 Å². The fourth-order valence-corrected chi connectivity index (χ4v) is 2.88. The number of aromatic nitrogens is 4. The van der Waals surface area contributed by atoms with E-state index in [9.17, 15) is 13.2 Å². The Labute approximate surface area is 159 Å². The number of nitrogens with zero attached hydrogens (tertiary/aromatic N) is 4. The van der Waals surface area contributed by atoms with Crippen molar-refractivity contribution >= 4 is 50.4 Å². The highest BCUT2D eigenvalue weighted by Crippen LogP contribution is 2.20. The zero-order chi connectivity index (χ0) is 19.9. The molecule has 0 spiro atoms. The summed E-state index contributed by atoms with van der Waals surface area (Å²) >= 11 is 1.20. The summed E-state index contributed by atoms with van der Waals surface area (Å²) in [5, 5.41) is 19.4. The maximum absolute atomic E-state index is 10.8. The van der Waals surface area contributed by atoms with Crippen molar-refractivity contribution in [2.24, 2.45) is 0 Å². The highest BCUT2D eigenvalue weighted by atomic mass is 32.2. The van der Waals surface area contributed by atoms with Gasteiger partial charge in [-0.2, -0.15) is 23.4 Å². The average Bonchev–Trinajstić information content (AvgIpc) is 2.97. The van der Waals surface area contributed by atoms with Crippen molar-refractivity contribution < 1.29 is 22.9 Å². The van der Waals surface area contributed by atoms with Crippen molar-refractivity contribution in [2.75, 3.05) is 34.8 Å². The van der Waals surface area contributed by atoms with Crippen LogP contribution in [-0.4, -0.2) is 62.8 Å². The molecule has 2 rings (SSSR count). The standard InChI is InChI=1S/C13H19N7O5S2/c1-2-3-14-10-17-11(15-4-5-27(23,24)25)19-12(18-10)20-13-16-8(7-26-13)6-9(21)22/h7H,2-6H2,1H3,(H,21,22)(H,23,24,25)(H3,14,15,16,17,18,19,20). The van der Waals surface area contributed by atoms with Crippen LogP contribution in [0.4, 0.5) is 23.0 Å². The summed E-state index contributed by atoms with van der Waals surface area (Å²) in [6, 6.07) is 0. The number of thiazole rings is 1. The normalized spacial score (nSPS) is 11.2. The smallest absolute Gasteiger partial charge is 0.309 e. The number of aliphatic carboxylic acids is 1. The van der Waals surface area contributed by atoms with Crippen LogP contribution in [0.15, 0.2) is 5.38 Å². The molecular formula is C13H19N7O5S2. The van der Waals surface area contributed by atoms with Crippen molar-refractivity contribution in [2.45, 2.75) is 19.8 Å². The Hall–Kier alpha value is -2.58. The molecule has 0 aliphatic carbocycles. The maximum atomic E-state index is 10.8. The van der Waals surface area contributed by atoms with Gasteiger partial charge in [-0.05, 0) is 6.42 Å². The molecule has 27 heavy (non-hydrogen) atoms. The number of carboxylic acids is 1. The molecule has 0 atom stereocenters. The highest BCUT2D eigenvalue weighted by Gasteiger charge is 2.11. The third-order valence-electron chi connectivity index (χ3n) is 2.91. The van der Waals surface area contributed by atoms with E-state index in [1.165, 1.54) is 11.3 Å². The highest BCUT2D eigenvalue weighted by molar-refractivity contribution is 7.85. The predicted octanol–water partition coefficient (Wildman–Crippen LogP) is 0.820. The molecule has 0 saturated carbocycles. The lowest BCUT2D eigenvalue weighted by Gasteiger charge is -2.09. The van der Waals surface area contributed by atoms with E-state index in [1.54, 1.807) is 5.38 Å². The van der Waals surface area contributed by atoms with Crippen LogP contribution in [0.25, 0.3) is 0 Å². The first kappa shape index (κ1) is 20.7. The van der Waals surface area contributed by atoms with Crippen LogP contribution in [0.1, 0.15) is 19.0 Å². The Kier molecular flexibility index (Phi) is 7.20. The second-order valence-corrected chi connectivity index (χ2v) is 7.72. The lowest BCUT2D eigenvalue weighted by atomic mass is 10.3. The summed E-state index contributed by atoms with van der Waals surface area (Å²) in [7, 11) is -4.11. The number of anilines is 4. The molecule has 0 bridgehead atoms. The van der Waals surface area contributed by atoms with E-state index in [-0.39, 0.29) is 30.8 Å². The summed E-state index contributed by atoms with van der Waals surface area (Å²) in [5.74, 6) is -0.954. The predicted molar refractivity (Wildman–Crippen MR) is 100 cm³/mol. The van der Waals surface area contributed by atoms with Gasteiger partial charge in [0.25, 0.3) is 10.1 Å². The summed E-state index contributed by atoms with van der Waals surface area (Å²) in [4.78, 5) is 27.3. The first-order valence-electron chi connectivity index (χ1n) is 7.87. The van der Waals surface area contributed by atoms with E-state index >= 15 is 0 Å². The van der Waals surface area contributed by atoms with Gasteiger partial charge >= 0.3 is 5.97 Å². The number of hydrogen-bond donors (Lipinski definition) is 5.